The third-order valence-electron chi connectivity index (χ3n) is 2.92. The highest BCUT2D eigenvalue weighted by atomic mass is 35.5. The minimum Gasteiger partial charge on any atom is -0.326 e. The van der Waals surface area contributed by atoms with Gasteiger partial charge >= 0.3 is 0 Å². The van der Waals surface area contributed by atoms with E-state index in [1.54, 1.807) is 31.2 Å². The molecule has 0 unspecified atom stereocenters. The van der Waals surface area contributed by atoms with Gasteiger partial charge in [0.2, 0.25) is 5.91 Å². The van der Waals surface area contributed by atoms with Crippen molar-refractivity contribution < 1.29 is 9.59 Å². The van der Waals surface area contributed by atoms with Crippen molar-refractivity contribution in [3.05, 3.63) is 50.2 Å². The maximum absolute atomic E-state index is 12.3. The van der Waals surface area contributed by atoms with Gasteiger partial charge < -0.3 is 10.6 Å². The van der Waals surface area contributed by atoms with Crippen LogP contribution in [0.5, 0.6) is 0 Å². The molecule has 24 heavy (non-hydrogen) atoms. The van der Waals surface area contributed by atoms with E-state index >= 15 is 0 Å². The van der Waals surface area contributed by atoms with Crippen LogP contribution < -0.4 is 10.6 Å². The van der Waals surface area contributed by atoms with Gasteiger partial charge in [0.05, 0.1) is 15.1 Å². The molecule has 1 heterocycles. The van der Waals surface area contributed by atoms with E-state index in [1.807, 2.05) is 0 Å². The topological polar surface area (TPSA) is 71.1 Å². The van der Waals surface area contributed by atoms with Crippen LogP contribution in [0.4, 0.5) is 11.4 Å². The average molecular weight is 407 g/mol. The predicted octanol–water partition coefficient (Wildman–Crippen LogP) is 5.30. The van der Waals surface area contributed by atoms with Gasteiger partial charge in [-0.15, -0.1) is 0 Å². The van der Waals surface area contributed by atoms with E-state index in [-0.39, 0.29) is 31.8 Å². The van der Waals surface area contributed by atoms with E-state index in [9.17, 15) is 9.59 Å². The molecule has 0 aliphatic heterocycles. The number of benzene rings is 1. The molecule has 2 amide bonds. The summed E-state index contributed by atoms with van der Waals surface area (Å²) in [7, 11) is 0. The molecule has 2 aromatic rings. The average Bonchev–Trinajstić information content (AvgIpc) is 2.56. The summed E-state index contributed by atoms with van der Waals surface area (Å²) in [4.78, 5) is 27.6. The monoisotopic (exact) mass is 405 g/mol. The van der Waals surface area contributed by atoms with Crippen molar-refractivity contribution in [2.24, 2.45) is 0 Å². The Morgan fingerprint density at radius 1 is 1.00 bits per heavy atom. The third-order valence-corrected chi connectivity index (χ3v) is 4.60. The van der Waals surface area contributed by atoms with E-state index in [4.69, 9.17) is 46.4 Å². The van der Waals surface area contributed by atoms with E-state index in [2.05, 4.69) is 15.6 Å². The van der Waals surface area contributed by atoms with Crippen LogP contribution in [-0.2, 0) is 4.79 Å². The zero-order valence-corrected chi connectivity index (χ0v) is 15.3. The van der Waals surface area contributed by atoms with Crippen molar-refractivity contribution in [3.63, 3.8) is 0 Å². The molecule has 0 saturated heterocycles. The van der Waals surface area contributed by atoms with E-state index in [1.165, 1.54) is 0 Å². The molecule has 5 nitrogen and oxygen atoms in total. The molecule has 0 saturated carbocycles. The van der Waals surface area contributed by atoms with Crippen LogP contribution in [-0.4, -0.2) is 16.8 Å². The fourth-order valence-corrected chi connectivity index (χ4v) is 2.57. The normalized spacial score (nSPS) is 10.4. The van der Waals surface area contributed by atoms with E-state index < -0.39 is 5.91 Å². The molecule has 9 heteroatoms. The molecule has 2 rings (SSSR count). The molecule has 2 N–H and O–H groups in total. The number of nitrogens with zero attached hydrogens (tertiary/aromatic N) is 1. The number of anilines is 2. The first-order chi connectivity index (χ1) is 11.3. The Balaban J connectivity index is 2.25. The van der Waals surface area contributed by atoms with Crippen LogP contribution in [0.15, 0.2) is 24.3 Å². The summed E-state index contributed by atoms with van der Waals surface area (Å²) < 4.78 is 0. The lowest BCUT2D eigenvalue weighted by Gasteiger charge is -2.10. The number of hydrogen-bond donors (Lipinski definition) is 2. The van der Waals surface area contributed by atoms with Crippen molar-refractivity contribution >= 4 is 69.6 Å². The predicted molar refractivity (Wildman–Crippen MR) is 97.6 cm³/mol. The van der Waals surface area contributed by atoms with Crippen molar-refractivity contribution in [2.75, 3.05) is 10.6 Å². The van der Waals surface area contributed by atoms with Gasteiger partial charge in [-0.1, -0.05) is 59.4 Å². The molecule has 0 radical (unpaired) electrons. The molecule has 126 valence electrons. The van der Waals surface area contributed by atoms with Gasteiger partial charge in [0.1, 0.15) is 10.8 Å². The summed E-state index contributed by atoms with van der Waals surface area (Å²) >= 11 is 23.6. The second-order valence-corrected chi connectivity index (χ2v) is 6.12. The molecular weight excluding hydrogens is 396 g/mol. The van der Waals surface area contributed by atoms with Crippen molar-refractivity contribution in [3.8, 4) is 0 Å². The first-order valence-corrected chi connectivity index (χ1v) is 8.26. The van der Waals surface area contributed by atoms with Crippen molar-refractivity contribution in [2.45, 2.75) is 13.3 Å². The highest BCUT2D eigenvalue weighted by molar-refractivity contribution is 6.52. The number of hydrogen-bond acceptors (Lipinski definition) is 3. The summed E-state index contributed by atoms with van der Waals surface area (Å²) in [6, 6.07) is 6.62. The lowest BCUT2D eigenvalue weighted by Crippen LogP contribution is -2.15. The second-order valence-electron chi connectivity index (χ2n) is 4.63. The minimum atomic E-state index is -0.612. The summed E-state index contributed by atoms with van der Waals surface area (Å²) in [5, 5.41) is 5.00. The van der Waals surface area contributed by atoms with E-state index in [0.29, 0.717) is 17.8 Å². The van der Waals surface area contributed by atoms with Crippen LogP contribution in [0.3, 0.4) is 0 Å². The zero-order valence-electron chi connectivity index (χ0n) is 12.3. The van der Waals surface area contributed by atoms with Crippen LogP contribution in [0.1, 0.15) is 23.8 Å². The van der Waals surface area contributed by atoms with Gasteiger partial charge in [0, 0.05) is 17.8 Å². The first kappa shape index (κ1) is 18.8. The fraction of sp³-hybridized carbons (Fsp3) is 0.133. The largest absolute Gasteiger partial charge is 0.326 e. The summed E-state index contributed by atoms with van der Waals surface area (Å²) in [6.45, 7) is 1.74. The van der Waals surface area contributed by atoms with Gasteiger partial charge in [-0.25, -0.2) is 4.98 Å². The summed E-state index contributed by atoms with van der Waals surface area (Å²) in [6.07, 6.45) is 0.345. The number of rotatable bonds is 4. The number of nitrogens with one attached hydrogen (secondary N) is 2. The molecule has 0 fully saturated rings. The van der Waals surface area contributed by atoms with Gasteiger partial charge in [-0.05, 0) is 18.2 Å². The highest BCUT2D eigenvalue weighted by Gasteiger charge is 2.20. The van der Waals surface area contributed by atoms with Crippen LogP contribution in [0.2, 0.25) is 20.2 Å². The van der Waals surface area contributed by atoms with Crippen LogP contribution in [0.25, 0.3) is 0 Å². The Morgan fingerprint density at radius 3 is 2.25 bits per heavy atom. The van der Waals surface area contributed by atoms with Gasteiger partial charge in [-0.2, -0.15) is 0 Å². The first-order valence-electron chi connectivity index (χ1n) is 6.74. The lowest BCUT2D eigenvalue weighted by atomic mass is 10.2. The number of pyridine rings is 1. The number of amides is 2. The minimum absolute atomic E-state index is 0.0239. The maximum atomic E-state index is 12.3. The number of carbonyl (C=O) groups excluding carboxylic acids is 2. The number of halogens is 4. The molecule has 0 atom stereocenters. The van der Waals surface area contributed by atoms with Crippen molar-refractivity contribution in [1.82, 2.24) is 4.98 Å². The highest BCUT2D eigenvalue weighted by Crippen LogP contribution is 2.36. The van der Waals surface area contributed by atoms with Crippen LogP contribution >= 0.6 is 46.4 Å². The van der Waals surface area contributed by atoms with Crippen LogP contribution in [0, 0.1) is 0 Å². The number of aromatic nitrogens is 1. The molecule has 0 aliphatic carbocycles. The Hall–Kier alpha value is -1.53. The number of carbonyl (C=O) groups is 2. The van der Waals surface area contributed by atoms with Crippen molar-refractivity contribution in [1.29, 1.82) is 0 Å². The Bertz CT molecular complexity index is 812. The lowest BCUT2D eigenvalue weighted by molar-refractivity contribution is -0.115. The van der Waals surface area contributed by atoms with E-state index in [0.717, 1.165) is 0 Å². The van der Waals surface area contributed by atoms with Gasteiger partial charge in [-0.3, -0.25) is 9.59 Å². The smallest absolute Gasteiger partial charge is 0.275 e. The quantitative estimate of drug-likeness (QED) is 0.677. The Labute approximate surface area is 158 Å². The summed E-state index contributed by atoms with van der Waals surface area (Å²) in [5.74, 6) is -0.751. The fourth-order valence-electron chi connectivity index (χ4n) is 1.75. The standard InChI is InChI=1S/C15H11Cl4N3O2/c1-2-9(23)20-7-4-3-5-8(6-7)21-15(24)13-11(17)10(16)12(18)14(19)22-13/h3-6H,2H2,1H3,(H,20,23)(H,21,24). The summed E-state index contributed by atoms with van der Waals surface area (Å²) in [5.41, 5.74) is 0.832. The Morgan fingerprint density at radius 2 is 1.62 bits per heavy atom. The SMILES string of the molecule is CCC(=O)Nc1cccc(NC(=O)c2nc(Cl)c(Cl)c(Cl)c2Cl)c1. The third kappa shape index (κ3) is 4.30. The second kappa shape index (κ2) is 8.03. The molecule has 0 bridgehead atoms. The zero-order chi connectivity index (χ0) is 17.9. The Kier molecular flexibility index (Phi) is 6.29. The molecule has 1 aromatic heterocycles. The molecule has 0 spiro atoms. The molecule has 0 aliphatic rings. The molecular formula is C15H11Cl4N3O2. The molecule has 1 aromatic carbocycles. The van der Waals surface area contributed by atoms with Gasteiger partial charge in [0.15, 0.2) is 0 Å². The maximum Gasteiger partial charge on any atom is 0.275 e. The van der Waals surface area contributed by atoms with Gasteiger partial charge in [0.25, 0.3) is 5.91 Å².